The summed E-state index contributed by atoms with van der Waals surface area (Å²) in [4.78, 5) is 0. The van der Waals surface area contributed by atoms with Crippen LogP contribution in [0.25, 0.3) is 0 Å². The molecule has 0 saturated carbocycles. The van der Waals surface area contributed by atoms with Gasteiger partial charge in [-0.2, -0.15) is 0 Å². The molecule has 0 radical (unpaired) electrons. The molecule has 3 aromatic rings. The zero-order valence-corrected chi connectivity index (χ0v) is 15.2. The highest BCUT2D eigenvalue weighted by Crippen LogP contribution is 2.17. The van der Waals surface area contributed by atoms with Crippen LogP contribution in [0.3, 0.4) is 0 Å². The molecule has 0 amide bonds. The Morgan fingerprint density at radius 2 is 1.54 bits per heavy atom. The summed E-state index contributed by atoms with van der Waals surface area (Å²) >= 11 is 5.86. The molecule has 1 atom stereocenters. The monoisotopic (exact) mass is 367 g/mol. The molecule has 1 unspecified atom stereocenters. The molecule has 0 aromatic heterocycles. The number of hydrogen-bond acceptors (Lipinski definition) is 3. The Morgan fingerprint density at radius 3 is 2.23 bits per heavy atom. The van der Waals surface area contributed by atoms with Crippen LogP contribution in [-0.4, -0.2) is 11.7 Å². The van der Waals surface area contributed by atoms with Crippen LogP contribution in [0.5, 0.6) is 5.75 Å². The molecule has 0 fully saturated rings. The summed E-state index contributed by atoms with van der Waals surface area (Å²) in [5, 5.41) is 14.1. The number of ether oxygens (including phenoxy) is 1. The topological polar surface area (TPSA) is 41.5 Å². The van der Waals surface area contributed by atoms with Gasteiger partial charge in [-0.05, 0) is 41.0 Å². The average Bonchev–Trinajstić information content (AvgIpc) is 2.68. The van der Waals surface area contributed by atoms with Crippen molar-refractivity contribution in [3.8, 4) is 5.75 Å². The Morgan fingerprint density at radius 1 is 0.846 bits per heavy atom. The van der Waals surface area contributed by atoms with Gasteiger partial charge in [0.15, 0.2) is 0 Å². The molecule has 26 heavy (non-hydrogen) atoms. The minimum atomic E-state index is -0.555. The summed E-state index contributed by atoms with van der Waals surface area (Å²) < 4.78 is 5.79. The first-order chi connectivity index (χ1) is 12.7. The number of halogens is 1. The number of aliphatic hydroxyl groups excluding tert-OH is 1. The van der Waals surface area contributed by atoms with Crippen LogP contribution in [0.15, 0.2) is 78.9 Å². The molecular formula is C22H22ClNO2. The summed E-state index contributed by atoms with van der Waals surface area (Å²) in [6.07, 6.45) is -0.555. The first-order valence-electron chi connectivity index (χ1n) is 8.60. The molecule has 0 heterocycles. The number of nitrogens with one attached hydrogen (secondary N) is 1. The van der Waals surface area contributed by atoms with E-state index in [9.17, 15) is 5.11 Å². The van der Waals surface area contributed by atoms with Gasteiger partial charge in [0.1, 0.15) is 12.4 Å². The second-order valence-electron chi connectivity index (χ2n) is 6.12. The summed E-state index contributed by atoms with van der Waals surface area (Å²) in [5.41, 5.74) is 3.14. The molecule has 0 saturated heterocycles. The molecule has 0 spiro atoms. The number of hydrogen-bond donors (Lipinski definition) is 2. The lowest BCUT2D eigenvalue weighted by Gasteiger charge is -2.13. The van der Waals surface area contributed by atoms with Crippen molar-refractivity contribution in [2.45, 2.75) is 19.3 Å². The van der Waals surface area contributed by atoms with Crippen LogP contribution in [0.4, 0.5) is 0 Å². The predicted molar refractivity (Wildman–Crippen MR) is 105 cm³/mol. The highest BCUT2D eigenvalue weighted by molar-refractivity contribution is 6.30. The number of aliphatic hydroxyl groups is 1. The van der Waals surface area contributed by atoms with Crippen LogP contribution >= 0.6 is 11.6 Å². The maximum absolute atomic E-state index is 10.2. The Kier molecular flexibility index (Phi) is 6.67. The fourth-order valence-corrected chi connectivity index (χ4v) is 2.73. The molecular weight excluding hydrogens is 346 g/mol. The van der Waals surface area contributed by atoms with Gasteiger partial charge in [-0.25, -0.2) is 0 Å². The maximum Gasteiger partial charge on any atom is 0.119 e. The van der Waals surface area contributed by atoms with E-state index in [0.717, 1.165) is 22.4 Å². The van der Waals surface area contributed by atoms with Gasteiger partial charge in [-0.15, -0.1) is 0 Å². The van der Waals surface area contributed by atoms with Gasteiger partial charge < -0.3 is 15.2 Å². The maximum atomic E-state index is 10.2. The lowest BCUT2D eigenvalue weighted by Crippen LogP contribution is -2.21. The Hall–Kier alpha value is -2.33. The standard InChI is InChI=1S/C22H22ClNO2/c23-20-10-8-19(9-11-20)22(25)15-24-14-17-6-12-21(13-7-17)26-16-18-4-2-1-3-5-18/h1-13,22,24-25H,14-16H2. The average molecular weight is 368 g/mol. The van der Waals surface area contributed by atoms with E-state index >= 15 is 0 Å². The minimum Gasteiger partial charge on any atom is -0.489 e. The van der Waals surface area contributed by atoms with Gasteiger partial charge >= 0.3 is 0 Å². The van der Waals surface area contributed by atoms with Crippen LogP contribution < -0.4 is 10.1 Å². The summed E-state index contributed by atoms with van der Waals surface area (Å²) in [7, 11) is 0. The predicted octanol–water partition coefficient (Wildman–Crippen LogP) is 4.74. The van der Waals surface area contributed by atoms with Crippen molar-refractivity contribution in [1.82, 2.24) is 5.32 Å². The van der Waals surface area contributed by atoms with Crippen molar-refractivity contribution in [2.75, 3.05) is 6.54 Å². The molecule has 3 aromatic carbocycles. The molecule has 2 N–H and O–H groups in total. The van der Waals surface area contributed by atoms with Gasteiger partial charge in [0, 0.05) is 18.1 Å². The highest BCUT2D eigenvalue weighted by atomic mass is 35.5. The van der Waals surface area contributed by atoms with E-state index in [1.807, 2.05) is 66.7 Å². The summed E-state index contributed by atoms with van der Waals surface area (Å²) in [6.45, 7) is 1.73. The molecule has 134 valence electrons. The van der Waals surface area contributed by atoms with Crippen LogP contribution in [-0.2, 0) is 13.2 Å². The largest absolute Gasteiger partial charge is 0.489 e. The quantitative estimate of drug-likeness (QED) is 0.604. The van der Waals surface area contributed by atoms with Gasteiger partial charge in [0.2, 0.25) is 0 Å². The zero-order valence-electron chi connectivity index (χ0n) is 14.4. The Labute approximate surface area is 159 Å². The van der Waals surface area contributed by atoms with E-state index in [0.29, 0.717) is 24.7 Å². The molecule has 0 aliphatic rings. The van der Waals surface area contributed by atoms with Gasteiger partial charge in [-0.1, -0.05) is 66.2 Å². The summed E-state index contributed by atoms with van der Waals surface area (Å²) in [5.74, 6) is 0.846. The van der Waals surface area contributed by atoms with E-state index in [1.54, 1.807) is 12.1 Å². The fourth-order valence-electron chi connectivity index (χ4n) is 2.60. The van der Waals surface area contributed by atoms with Crippen molar-refractivity contribution < 1.29 is 9.84 Å². The normalized spacial score (nSPS) is 11.9. The van der Waals surface area contributed by atoms with Crippen molar-refractivity contribution in [1.29, 1.82) is 0 Å². The first kappa shape index (κ1) is 18.5. The lowest BCUT2D eigenvalue weighted by molar-refractivity contribution is 0.174. The van der Waals surface area contributed by atoms with E-state index in [2.05, 4.69) is 5.32 Å². The SMILES string of the molecule is OC(CNCc1ccc(OCc2ccccc2)cc1)c1ccc(Cl)cc1. The summed E-state index contributed by atoms with van der Waals surface area (Å²) in [6, 6.07) is 25.3. The molecule has 3 rings (SSSR count). The smallest absolute Gasteiger partial charge is 0.119 e. The molecule has 3 nitrogen and oxygen atoms in total. The van der Waals surface area contributed by atoms with Crippen molar-refractivity contribution in [3.05, 3.63) is 101 Å². The third-order valence-electron chi connectivity index (χ3n) is 4.09. The second-order valence-corrected chi connectivity index (χ2v) is 6.55. The molecule has 4 heteroatoms. The van der Waals surface area contributed by atoms with Gasteiger partial charge in [-0.3, -0.25) is 0 Å². The van der Waals surface area contributed by atoms with E-state index in [1.165, 1.54) is 0 Å². The van der Waals surface area contributed by atoms with E-state index in [-0.39, 0.29) is 0 Å². The van der Waals surface area contributed by atoms with E-state index < -0.39 is 6.10 Å². The molecule has 0 aliphatic carbocycles. The lowest BCUT2D eigenvalue weighted by atomic mass is 10.1. The third kappa shape index (κ3) is 5.60. The highest BCUT2D eigenvalue weighted by Gasteiger charge is 2.06. The van der Waals surface area contributed by atoms with Crippen LogP contribution in [0.2, 0.25) is 5.02 Å². The van der Waals surface area contributed by atoms with Gasteiger partial charge in [0.25, 0.3) is 0 Å². The van der Waals surface area contributed by atoms with Crippen molar-refractivity contribution >= 4 is 11.6 Å². The van der Waals surface area contributed by atoms with Gasteiger partial charge in [0.05, 0.1) is 6.10 Å². The van der Waals surface area contributed by atoms with E-state index in [4.69, 9.17) is 16.3 Å². The zero-order chi connectivity index (χ0) is 18.2. The molecule has 0 bridgehead atoms. The first-order valence-corrected chi connectivity index (χ1v) is 8.98. The Bertz CT molecular complexity index is 789. The fraction of sp³-hybridized carbons (Fsp3) is 0.182. The number of benzene rings is 3. The third-order valence-corrected chi connectivity index (χ3v) is 4.35. The minimum absolute atomic E-state index is 0.480. The molecule has 0 aliphatic heterocycles. The number of rotatable bonds is 8. The van der Waals surface area contributed by atoms with Crippen LogP contribution in [0, 0.1) is 0 Å². The van der Waals surface area contributed by atoms with Crippen molar-refractivity contribution in [3.63, 3.8) is 0 Å². The van der Waals surface area contributed by atoms with Crippen LogP contribution in [0.1, 0.15) is 22.8 Å². The van der Waals surface area contributed by atoms with Crippen molar-refractivity contribution in [2.24, 2.45) is 0 Å². The Balaban J connectivity index is 1.43. The second kappa shape index (κ2) is 9.39.